The fraction of sp³-hybridized carbons (Fsp3) is 0.830. The minimum atomic E-state index is -5.71. The molecule has 2 unspecified atom stereocenters. The summed E-state index contributed by atoms with van der Waals surface area (Å²) in [6, 6.07) is 1.23. The molecule has 76 heavy (non-hydrogen) atoms. The van der Waals surface area contributed by atoms with Gasteiger partial charge in [-0.25, -0.2) is 13.9 Å². The number of aliphatic hydroxyl groups is 4. The summed E-state index contributed by atoms with van der Waals surface area (Å²) in [6.45, 7) is 3.83. The van der Waals surface area contributed by atoms with Gasteiger partial charge in [-0.15, -0.1) is 0 Å². The van der Waals surface area contributed by atoms with Crippen molar-refractivity contribution in [3.8, 4) is 0 Å². The number of ether oxygens (including phenoxy) is 3. The Labute approximate surface area is 450 Å². The topological polar surface area (TPSA) is 323 Å². The number of carbonyl (C=O) groups excluding carboxylic acids is 3. The first-order valence-electron chi connectivity index (χ1n) is 28.2. The maximum absolute atomic E-state index is 14.3. The van der Waals surface area contributed by atoms with Crippen LogP contribution in [0.1, 0.15) is 207 Å². The molecule has 23 heteroatoms. The third kappa shape index (κ3) is 27.8. The van der Waals surface area contributed by atoms with Crippen LogP contribution in [0.5, 0.6) is 0 Å². The van der Waals surface area contributed by atoms with Gasteiger partial charge in [0.2, 0.25) is 0 Å². The molecule has 0 spiro atoms. The molecule has 2 saturated heterocycles. The highest BCUT2D eigenvalue weighted by Crippen LogP contribution is 2.60. The number of unbranched alkanes of at least 4 members (excludes halogenated alkanes) is 16. The van der Waals surface area contributed by atoms with Crippen LogP contribution in [0.4, 0.5) is 5.82 Å². The fourth-order valence-electron chi connectivity index (χ4n) is 9.45. The van der Waals surface area contributed by atoms with Crippen LogP contribution in [-0.2, 0) is 51.1 Å². The first-order chi connectivity index (χ1) is 36.2. The second-order valence-corrected chi connectivity index (χ2v) is 24.1. The van der Waals surface area contributed by atoms with Gasteiger partial charge in [-0.2, -0.15) is 9.29 Å². The van der Waals surface area contributed by atoms with Crippen LogP contribution < -0.4 is 11.4 Å². The summed E-state index contributed by atoms with van der Waals surface area (Å²) in [6.07, 6.45) is 13.9. The van der Waals surface area contributed by atoms with E-state index in [9.17, 15) is 58.5 Å². The number of aromatic nitrogens is 2. The molecule has 0 aromatic carbocycles. The first-order valence-corrected chi connectivity index (χ1v) is 31.2. The Morgan fingerprint density at radius 3 is 1.99 bits per heavy atom. The first kappa shape index (κ1) is 67.4. The number of hydrogen-bond donors (Lipinski definition) is 7. The van der Waals surface area contributed by atoms with Gasteiger partial charge in [-0.1, -0.05) is 168 Å². The highest BCUT2D eigenvalue weighted by molar-refractivity contribution is 7.61. The molecular formula is C53H93N3O18P2. The average molecular weight is 1120 g/mol. The highest BCUT2D eigenvalue weighted by Gasteiger charge is 2.45. The van der Waals surface area contributed by atoms with Gasteiger partial charge in [0.15, 0.2) is 6.10 Å². The summed E-state index contributed by atoms with van der Waals surface area (Å²) in [7, 11) is -11.3. The summed E-state index contributed by atoms with van der Waals surface area (Å²) in [5.41, 5.74) is 4.76. The van der Waals surface area contributed by atoms with Gasteiger partial charge < -0.3 is 50.2 Å². The van der Waals surface area contributed by atoms with Gasteiger partial charge in [-0.05, 0) is 37.7 Å². The number of carbonyl (C=O) groups is 3. The maximum atomic E-state index is 14.3. The number of fused-ring (bicyclic) bond motifs is 3. The molecule has 3 rings (SSSR count). The predicted molar refractivity (Wildman–Crippen MR) is 285 cm³/mol. The largest absolute Gasteiger partial charge is 0.481 e. The molecule has 0 saturated carbocycles. The number of aliphatic hydroxyl groups excluding tert-OH is 4. The number of ketones is 1. The minimum Gasteiger partial charge on any atom is -0.462 e. The summed E-state index contributed by atoms with van der Waals surface area (Å²) in [5.74, 6) is -4.14. The van der Waals surface area contributed by atoms with E-state index in [2.05, 4.69) is 23.1 Å². The van der Waals surface area contributed by atoms with Crippen molar-refractivity contribution in [1.29, 1.82) is 0 Å². The van der Waals surface area contributed by atoms with E-state index in [0.717, 1.165) is 49.0 Å². The molecule has 21 nitrogen and oxygen atoms in total. The number of nitrogens with zero attached hydrogens (tertiary/aromatic N) is 2. The highest BCUT2D eigenvalue weighted by atomic mass is 31.3. The summed E-state index contributed by atoms with van der Waals surface area (Å²) >= 11 is 0. The molecule has 8 N–H and O–H groups in total. The minimum absolute atomic E-state index is 0.000814. The lowest BCUT2D eigenvalue weighted by atomic mass is 9.83. The molecule has 2 aliphatic rings. The number of nitrogens with two attached hydrogens (primary N) is 1. The van der Waals surface area contributed by atoms with E-state index < -0.39 is 120 Å². The molecular weight excluding hydrogens is 1030 g/mol. The van der Waals surface area contributed by atoms with Crippen LogP contribution in [0, 0.1) is 17.8 Å². The Morgan fingerprint density at radius 2 is 1.38 bits per heavy atom. The van der Waals surface area contributed by atoms with Gasteiger partial charge in [0.05, 0.1) is 37.4 Å². The van der Waals surface area contributed by atoms with Gasteiger partial charge in [0.1, 0.15) is 36.6 Å². The Hall–Kier alpha value is -2.91. The normalized spacial score (nSPS) is 28.7. The Bertz CT molecular complexity index is 2010. The number of phosphoric ester groups is 2. The monoisotopic (exact) mass is 1120 g/mol. The lowest BCUT2D eigenvalue weighted by Crippen LogP contribution is -2.51. The standard InChI is InChI=1S/C53H93N3O18P2/c1-4-5-21-27-40(57)31-32-42-44(58)35-45(59)43-28-23-19-20-24-29-48(60)69-36-41(72-49(61)30-25-18-16-14-12-10-8-6-7-9-11-13-15-17-22-26-39(2)3)37-70-75(65,66)74-76(67,68)71-38-46(51(63)50(42)62)73-52(43)56-34-33-47(54)55-53(56)64/h31-34,39-44,46,50-52,57-58,62-63H,4-30,35-38H2,1-3H3,(H,65,66)(H,67,68)(H2,54,55,64)/b32-31+/t40-,41+,42-,43-,44+,46+,50-,51+,52+/m0/s1. The molecule has 2 fully saturated rings. The molecule has 1 aromatic heterocycles. The van der Waals surface area contributed by atoms with Crippen LogP contribution in [0.15, 0.2) is 29.2 Å². The van der Waals surface area contributed by atoms with E-state index in [1.54, 1.807) is 0 Å². The lowest BCUT2D eigenvalue weighted by molar-refractivity contribution is -0.184. The van der Waals surface area contributed by atoms with Crippen molar-refractivity contribution in [2.75, 3.05) is 25.6 Å². The van der Waals surface area contributed by atoms with E-state index in [-0.39, 0.29) is 25.1 Å². The molecule has 3 heterocycles. The number of esters is 2. The van der Waals surface area contributed by atoms with Gasteiger partial charge >= 0.3 is 33.3 Å². The lowest BCUT2D eigenvalue weighted by Gasteiger charge is -2.38. The number of Topliss-reactive ketones (excluding diaryl/α,β-unsaturated/α-hetero) is 1. The summed E-state index contributed by atoms with van der Waals surface area (Å²) < 4.78 is 59.2. The molecule has 0 radical (unpaired) electrons. The van der Waals surface area contributed by atoms with Gasteiger partial charge in [-0.3, -0.25) is 28.0 Å². The van der Waals surface area contributed by atoms with Crippen molar-refractivity contribution in [3.63, 3.8) is 0 Å². The third-order valence-corrected chi connectivity index (χ3v) is 16.5. The Kier molecular flexibility index (Phi) is 32.9. The quantitative estimate of drug-likeness (QED) is 0.0197. The van der Waals surface area contributed by atoms with E-state index >= 15 is 0 Å². The van der Waals surface area contributed by atoms with Gasteiger partial charge in [0, 0.05) is 31.4 Å². The molecule has 0 aliphatic carbocycles. The van der Waals surface area contributed by atoms with Crippen molar-refractivity contribution in [3.05, 3.63) is 34.9 Å². The number of hydrogen-bond acceptors (Lipinski definition) is 18. The zero-order valence-electron chi connectivity index (χ0n) is 45.5. The maximum Gasteiger partial charge on any atom is 0.481 e. The van der Waals surface area contributed by atoms with E-state index in [1.807, 2.05) is 6.92 Å². The number of rotatable bonds is 26. The molecule has 11 atom stereocenters. The second kappa shape index (κ2) is 37.1. The molecule has 2 bridgehead atoms. The van der Waals surface area contributed by atoms with Crippen molar-refractivity contribution >= 4 is 39.2 Å². The zero-order chi connectivity index (χ0) is 55.9. The number of cyclic esters (lactones) is 1. The van der Waals surface area contributed by atoms with Crippen molar-refractivity contribution < 1.29 is 81.3 Å². The van der Waals surface area contributed by atoms with E-state index in [1.165, 1.54) is 95.0 Å². The fourth-order valence-corrected chi connectivity index (χ4v) is 11.6. The van der Waals surface area contributed by atoms with Crippen LogP contribution in [0.2, 0.25) is 0 Å². The smallest absolute Gasteiger partial charge is 0.462 e. The molecule has 2 aliphatic heterocycles. The second-order valence-electron chi connectivity index (χ2n) is 21.1. The molecule has 438 valence electrons. The van der Waals surface area contributed by atoms with Crippen molar-refractivity contribution in [2.45, 2.75) is 243 Å². The number of phosphoric acid groups is 2. The molecule has 1 aromatic rings. The van der Waals surface area contributed by atoms with Crippen molar-refractivity contribution in [1.82, 2.24) is 9.55 Å². The summed E-state index contributed by atoms with van der Waals surface area (Å²) in [5, 5.41) is 45.6. The Morgan fingerprint density at radius 1 is 0.803 bits per heavy atom. The van der Waals surface area contributed by atoms with Crippen LogP contribution >= 0.6 is 15.6 Å². The Balaban J connectivity index is 1.71. The number of anilines is 1. The number of nitrogen functional groups attached to an aromatic ring is 1. The predicted octanol–water partition coefficient (Wildman–Crippen LogP) is 8.84. The van der Waals surface area contributed by atoms with Crippen LogP contribution in [-0.4, -0.2) is 114 Å². The van der Waals surface area contributed by atoms with Crippen molar-refractivity contribution in [2.24, 2.45) is 17.8 Å². The summed E-state index contributed by atoms with van der Waals surface area (Å²) in [4.78, 5) is 78.7. The van der Waals surface area contributed by atoms with E-state index in [4.69, 9.17) is 29.0 Å². The SMILES string of the molecule is CCCCC[C@H](O)/C=C/[C@@H]1[C@H](O)[C@H](O)[C@H]2COP(=O)(O)OP(=O)(O)OC[C@H](OC(=O)CCCCCCCCCCCCCCCCCC(C)C)COC(=O)CCCCCC[C@@H](C(=O)C[C@H]1O)[C@H](n1ccc(N)nc1=O)O2. The third-order valence-electron chi connectivity index (χ3n) is 13.9. The van der Waals surface area contributed by atoms with Crippen LogP contribution in [0.3, 0.4) is 0 Å². The van der Waals surface area contributed by atoms with E-state index in [0.29, 0.717) is 44.9 Å². The zero-order valence-corrected chi connectivity index (χ0v) is 47.2. The van der Waals surface area contributed by atoms with Gasteiger partial charge in [0.25, 0.3) is 0 Å². The average Bonchev–Trinajstić information content (AvgIpc) is 3.35. The molecule has 0 amide bonds. The van der Waals surface area contributed by atoms with Crippen LogP contribution in [0.25, 0.3) is 0 Å².